The van der Waals surface area contributed by atoms with Crippen LogP contribution in [0.25, 0.3) is 0 Å². The summed E-state index contributed by atoms with van der Waals surface area (Å²) in [6.07, 6.45) is 3.37. The highest BCUT2D eigenvalue weighted by atomic mass is 19.1. The van der Waals surface area contributed by atoms with Gasteiger partial charge in [-0.05, 0) is 44.0 Å². The van der Waals surface area contributed by atoms with Crippen LogP contribution in [-0.4, -0.2) is 73.2 Å². The van der Waals surface area contributed by atoms with Crippen LogP contribution in [0.2, 0.25) is 0 Å². The third kappa shape index (κ3) is 6.06. The van der Waals surface area contributed by atoms with Gasteiger partial charge in [-0.25, -0.2) is 9.07 Å². The highest BCUT2D eigenvalue weighted by molar-refractivity contribution is 5.75. The van der Waals surface area contributed by atoms with Crippen molar-refractivity contribution in [1.29, 1.82) is 0 Å². The maximum absolute atomic E-state index is 13.1. The van der Waals surface area contributed by atoms with Crippen molar-refractivity contribution in [1.82, 2.24) is 24.8 Å². The van der Waals surface area contributed by atoms with Crippen LogP contribution in [0.5, 0.6) is 0 Å². The summed E-state index contributed by atoms with van der Waals surface area (Å²) in [6, 6.07) is 6.36. The average Bonchev–Trinajstić information content (AvgIpc) is 3.04. The van der Waals surface area contributed by atoms with Crippen LogP contribution in [0, 0.1) is 5.82 Å². The topological polar surface area (TPSA) is 94.7 Å². The van der Waals surface area contributed by atoms with E-state index in [0.29, 0.717) is 51.1 Å². The maximum Gasteiger partial charge on any atom is 0.244 e. The molecular formula is C20H28FN5O3. The summed E-state index contributed by atoms with van der Waals surface area (Å²) in [5.74, 6) is -0.342. The van der Waals surface area contributed by atoms with Gasteiger partial charge in [-0.1, -0.05) is 17.3 Å². The molecule has 1 aromatic heterocycles. The first-order valence-corrected chi connectivity index (χ1v) is 9.80. The van der Waals surface area contributed by atoms with Crippen molar-refractivity contribution in [2.24, 2.45) is 0 Å². The van der Waals surface area contributed by atoms with Gasteiger partial charge in [-0.15, -0.1) is 5.10 Å². The molecule has 0 radical (unpaired) electrons. The predicted octanol–water partition coefficient (Wildman–Crippen LogP) is 0.785. The molecule has 8 nitrogen and oxygen atoms in total. The molecule has 158 valence electrons. The summed E-state index contributed by atoms with van der Waals surface area (Å²) in [6.45, 7) is 2.01. The third-order valence-electron chi connectivity index (χ3n) is 5.25. The lowest BCUT2D eigenvalue weighted by Crippen LogP contribution is -2.42. The molecule has 1 saturated heterocycles. The second kappa shape index (κ2) is 9.43. The first kappa shape index (κ1) is 21.4. The van der Waals surface area contributed by atoms with E-state index in [1.807, 2.05) is 11.9 Å². The van der Waals surface area contributed by atoms with Crippen molar-refractivity contribution in [2.75, 3.05) is 26.7 Å². The van der Waals surface area contributed by atoms with Crippen LogP contribution in [0.15, 0.2) is 30.5 Å². The largest absolute Gasteiger partial charge is 0.390 e. The van der Waals surface area contributed by atoms with Crippen molar-refractivity contribution >= 4 is 5.91 Å². The molecule has 3 rings (SSSR count). The highest BCUT2D eigenvalue weighted by Gasteiger charge is 2.32. The van der Waals surface area contributed by atoms with Crippen LogP contribution in [-0.2, 0) is 24.5 Å². The minimum Gasteiger partial charge on any atom is -0.390 e. The molecule has 1 amide bonds. The van der Waals surface area contributed by atoms with Crippen molar-refractivity contribution in [3.63, 3.8) is 0 Å². The van der Waals surface area contributed by atoms with Crippen molar-refractivity contribution in [2.45, 2.75) is 44.6 Å². The number of halogens is 1. The molecular weight excluding hydrogens is 377 g/mol. The third-order valence-corrected chi connectivity index (χ3v) is 5.25. The first-order chi connectivity index (χ1) is 13.9. The van der Waals surface area contributed by atoms with E-state index in [9.17, 15) is 14.3 Å². The summed E-state index contributed by atoms with van der Waals surface area (Å²) in [7, 11) is 1.93. The number of carbonyl (C=O) groups is 1. The molecule has 2 N–H and O–H groups in total. The summed E-state index contributed by atoms with van der Waals surface area (Å²) in [4.78, 5) is 16.3. The number of hydrogen-bond acceptors (Lipinski definition) is 6. The van der Waals surface area contributed by atoms with E-state index in [-0.39, 0.29) is 24.9 Å². The van der Waals surface area contributed by atoms with Crippen molar-refractivity contribution < 1.29 is 19.4 Å². The number of likely N-dealkylation sites (N-methyl/N-ethyl adjacent to an activating group) is 1. The van der Waals surface area contributed by atoms with E-state index in [2.05, 4.69) is 10.3 Å². The minimum atomic E-state index is -0.874. The summed E-state index contributed by atoms with van der Waals surface area (Å²) in [5, 5.41) is 27.7. The number of benzene rings is 1. The van der Waals surface area contributed by atoms with Crippen molar-refractivity contribution in [3.8, 4) is 0 Å². The molecule has 0 spiro atoms. The van der Waals surface area contributed by atoms with Gasteiger partial charge in [-0.3, -0.25) is 9.69 Å². The number of carbonyl (C=O) groups excluding carboxylic acids is 1. The minimum absolute atomic E-state index is 0.0654. The summed E-state index contributed by atoms with van der Waals surface area (Å²) >= 11 is 0. The van der Waals surface area contributed by atoms with Gasteiger partial charge in [0.15, 0.2) is 0 Å². The van der Waals surface area contributed by atoms with Gasteiger partial charge in [0.2, 0.25) is 5.91 Å². The molecule has 2 heterocycles. The molecule has 1 aromatic carbocycles. The van der Waals surface area contributed by atoms with Gasteiger partial charge in [0.05, 0.1) is 18.4 Å². The fourth-order valence-electron chi connectivity index (χ4n) is 3.77. The monoisotopic (exact) mass is 405 g/mol. The van der Waals surface area contributed by atoms with E-state index in [1.165, 1.54) is 16.8 Å². The molecule has 29 heavy (non-hydrogen) atoms. The Kier molecular flexibility index (Phi) is 6.94. The molecule has 1 aliphatic rings. The van der Waals surface area contributed by atoms with Crippen molar-refractivity contribution in [3.05, 3.63) is 47.5 Å². The Morgan fingerprint density at radius 1 is 1.28 bits per heavy atom. The zero-order valence-electron chi connectivity index (χ0n) is 16.7. The van der Waals surface area contributed by atoms with Gasteiger partial charge in [0.1, 0.15) is 18.1 Å². The normalized spacial score (nSPS) is 20.1. The molecule has 0 aliphatic carbocycles. The maximum atomic E-state index is 13.1. The van der Waals surface area contributed by atoms with Crippen LogP contribution in [0.1, 0.15) is 30.5 Å². The smallest absolute Gasteiger partial charge is 0.244 e. The predicted molar refractivity (Wildman–Crippen MR) is 104 cm³/mol. The Hall–Kier alpha value is -2.36. The van der Waals surface area contributed by atoms with E-state index in [0.717, 1.165) is 5.56 Å². The van der Waals surface area contributed by atoms with Gasteiger partial charge >= 0.3 is 0 Å². The second-order valence-corrected chi connectivity index (χ2v) is 7.82. The molecule has 1 fully saturated rings. The number of likely N-dealkylation sites (tertiary alicyclic amines) is 1. The second-order valence-electron chi connectivity index (χ2n) is 7.82. The van der Waals surface area contributed by atoms with Gasteiger partial charge in [0.25, 0.3) is 0 Å². The number of aliphatic hydroxyl groups is 2. The number of amides is 1. The quantitative estimate of drug-likeness (QED) is 0.707. The van der Waals surface area contributed by atoms with E-state index in [4.69, 9.17) is 5.11 Å². The zero-order chi connectivity index (χ0) is 20.9. The van der Waals surface area contributed by atoms with E-state index >= 15 is 0 Å². The van der Waals surface area contributed by atoms with Crippen LogP contribution in [0.3, 0.4) is 0 Å². The Morgan fingerprint density at radius 3 is 2.72 bits per heavy atom. The highest BCUT2D eigenvalue weighted by Crippen LogP contribution is 2.24. The molecule has 9 heteroatoms. The number of rotatable bonds is 7. The number of hydrogen-bond donors (Lipinski definition) is 2. The molecule has 1 aliphatic heterocycles. The molecule has 0 saturated carbocycles. The average molecular weight is 405 g/mol. The van der Waals surface area contributed by atoms with Crippen LogP contribution in [0.4, 0.5) is 4.39 Å². The Labute approximate surface area is 169 Å². The van der Waals surface area contributed by atoms with Crippen LogP contribution >= 0.6 is 0 Å². The number of aliphatic hydroxyl groups excluding tert-OH is 1. The molecule has 0 unspecified atom stereocenters. The first-order valence-electron chi connectivity index (χ1n) is 9.80. The molecule has 1 atom stereocenters. The lowest BCUT2D eigenvalue weighted by Gasteiger charge is -2.31. The van der Waals surface area contributed by atoms with Gasteiger partial charge in [-0.2, -0.15) is 0 Å². The van der Waals surface area contributed by atoms with Crippen LogP contribution < -0.4 is 0 Å². The summed E-state index contributed by atoms with van der Waals surface area (Å²) < 4.78 is 14.5. The zero-order valence-corrected chi connectivity index (χ0v) is 16.7. The molecule has 2 aromatic rings. The number of aromatic nitrogens is 3. The van der Waals surface area contributed by atoms with E-state index in [1.54, 1.807) is 23.2 Å². The Morgan fingerprint density at radius 2 is 2.03 bits per heavy atom. The van der Waals surface area contributed by atoms with Gasteiger partial charge < -0.3 is 15.1 Å². The lowest BCUT2D eigenvalue weighted by atomic mass is 9.94. The van der Waals surface area contributed by atoms with Gasteiger partial charge in [0, 0.05) is 26.2 Å². The Balaban J connectivity index is 1.52. The fraction of sp³-hybridized carbons (Fsp3) is 0.550. The lowest BCUT2D eigenvalue weighted by molar-refractivity contribution is -0.132. The fourth-order valence-corrected chi connectivity index (χ4v) is 3.77. The molecule has 0 bridgehead atoms. The van der Waals surface area contributed by atoms with E-state index < -0.39 is 5.60 Å². The SMILES string of the molecule is CN(Cc1ccc(F)cc1)C[C@]1(O)CCCN(C(=O)Cn2cc(CO)nn2)CC1. The standard InChI is InChI=1S/C20H28FN5O3/c1-24(11-16-3-5-17(21)6-4-16)15-20(29)7-2-9-25(10-8-20)19(28)13-26-12-18(14-27)22-23-26/h3-6,12,27,29H,2,7-11,13-15H2,1H3/t20-/m0/s1. The number of nitrogens with zero attached hydrogens (tertiary/aromatic N) is 5. The summed E-state index contributed by atoms with van der Waals surface area (Å²) in [5.41, 5.74) is 0.534. The Bertz CT molecular complexity index is 813.